The largest absolute Gasteiger partial charge is 0.350 e. The number of carbonyl (C=O) groups excluding carboxylic acids is 1. The molecular formula is C23H22N2O. The van der Waals surface area contributed by atoms with E-state index in [0.29, 0.717) is 0 Å². The first-order chi connectivity index (χ1) is 12.7. The minimum absolute atomic E-state index is 0.0460. The van der Waals surface area contributed by atoms with Gasteiger partial charge in [0.15, 0.2) is 0 Å². The predicted octanol–water partition coefficient (Wildman–Crippen LogP) is 3.46. The highest BCUT2D eigenvalue weighted by atomic mass is 16.2. The van der Waals surface area contributed by atoms with E-state index in [1.54, 1.807) is 0 Å². The second-order valence-corrected chi connectivity index (χ2v) is 6.77. The number of nitrogens with one attached hydrogen (secondary N) is 2. The highest BCUT2D eigenvalue weighted by Gasteiger charge is 2.45. The highest BCUT2D eigenvalue weighted by Crippen LogP contribution is 2.37. The summed E-state index contributed by atoms with van der Waals surface area (Å²) in [4.78, 5) is 12.2. The van der Waals surface area contributed by atoms with Gasteiger partial charge in [0.1, 0.15) is 6.04 Å². The summed E-state index contributed by atoms with van der Waals surface area (Å²) in [6.07, 6.45) is 0. The molecule has 0 aliphatic carbocycles. The Morgan fingerprint density at radius 2 is 1.12 bits per heavy atom. The summed E-state index contributed by atoms with van der Waals surface area (Å²) in [5, 5.41) is 6.63. The Hall–Kier alpha value is -2.91. The number of β-lactam (4-membered cyclic amide) rings is 1. The van der Waals surface area contributed by atoms with E-state index in [4.69, 9.17) is 0 Å². The van der Waals surface area contributed by atoms with Crippen molar-refractivity contribution in [2.24, 2.45) is 0 Å². The van der Waals surface area contributed by atoms with E-state index in [9.17, 15) is 4.79 Å². The van der Waals surface area contributed by atoms with Crippen LogP contribution in [-0.4, -0.2) is 18.0 Å². The number of hydrogen-bond acceptors (Lipinski definition) is 2. The molecule has 130 valence electrons. The molecule has 2 atom stereocenters. The first-order valence-corrected chi connectivity index (χ1v) is 8.96. The fourth-order valence-electron chi connectivity index (χ4n) is 3.77. The Kier molecular flexibility index (Phi) is 4.31. The molecule has 0 bridgehead atoms. The van der Waals surface area contributed by atoms with Crippen LogP contribution in [0.25, 0.3) is 0 Å². The third kappa shape index (κ3) is 2.71. The molecule has 2 N–H and O–H groups in total. The number of hydrogen-bond donors (Lipinski definition) is 2. The van der Waals surface area contributed by atoms with Crippen LogP contribution < -0.4 is 10.6 Å². The monoisotopic (exact) mass is 342 g/mol. The highest BCUT2D eigenvalue weighted by molar-refractivity contribution is 5.89. The smallest absolute Gasteiger partial charge is 0.239 e. The lowest BCUT2D eigenvalue weighted by atomic mass is 9.75. The third-order valence-corrected chi connectivity index (χ3v) is 5.14. The number of rotatable bonds is 5. The van der Waals surface area contributed by atoms with Gasteiger partial charge < -0.3 is 5.32 Å². The standard InChI is InChI=1S/C23H22N2O/c1-17-21(22(26)24-17)25-23(18-11-5-2-6-12-18,19-13-7-3-8-14-19)20-15-9-4-10-16-20/h2-17,21,25H,1H3,(H,24,26)/t17-,21-/m1/s1. The zero-order chi connectivity index (χ0) is 18.0. The van der Waals surface area contributed by atoms with Crippen molar-refractivity contribution in [1.82, 2.24) is 10.6 Å². The average molecular weight is 342 g/mol. The Balaban J connectivity index is 1.95. The molecule has 3 nitrogen and oxygen atoms in total. The van der Waals surface area contributed by atoms with E-state index in [0.717, 1.165) is 16.7 Å². The molecule has 1 aliphatic heterocycles. The zero-order valence-electron chi connectivity index (χ0n) is 14.7. The van der Waals surface area contributed by atoms with Crippen LogP contribution in [0.5, 0.6) is 0 Å². The maximum atomic E-state index is 12.2. The molecule has 26 heavy (non-hydrogen) atoms. The molecule has 1 aliphatic rings. The number of carbonyl (C=O) groups is 1. The van der Waals surface area contributed by atoms with Crippen LogP contribution in [0.1, 0.15) is 23.6 Å². The zero-order valence-corrected chi connectivity index (χ0v) is 14.7. The lowest BCUT2D eigenvalue weighted by molar-refractivity contribution is -0.131. The molecule has 1 fully saturated rings. The van der Waals surface area contributed by atoms with Gasteiger partial charge in [0, 0.05) is 0 Å². The van der Waals surface area contributed by atoms with Crippen LogP contribution in [0.3, 0.4) is 0 Å². The molecule has 0 unspecified atom stereocenters. The van der Waals surface area contributed by atoms with Gasteiger partial charge in [0.2, 0.25) is 5.91 Å². The second-order valence-electron chi connectivity index (χ2n) is 6.77. The van der Waals surface area contributed by atoms with Gasteiger partial charge in [-0.25, -0.2) is 0 Å². The van der Waals surface area contributed by atoms with Crippen molar-refractivity contribution in [3.05, 3.63) is 108 Å². The SMILES string of the molecule is C[C@H]1NC(=O)[C@@H]1NC(c1ccccc1)(c1ccccc1)c1ccccc1. The molecule has 1 saturated heterocycles. The minimum atomic E-state index is -0.597. The van der Waals surface area contributed by atoms with Gasteiger partial charge in [0.05, 0.1) is 11.6 Å². The first-order valence-electron chi connectivity index (χ1n) is 8.96. The van der Waals surface area contributed by atoms with E-state index < -0.39 is 5.54 Å². The molecule has 0 aromatic heterocycles. The Morgan fingerprint density at radius 1 is 0.731 bits per heavy atom. The van der Waals surface area contributed by atoms with Crippen LogP contribution in [-0.2, 0) is 10.3 Å². The van der Waals surface area contributed by atoms with E-state index in [-0.39, 0.29) is 18.0 Å². The van der Waals surface area contributed by atoms with E-state index in [1.807, 2.05) is 61.5 Å². The van der Waals surface area contributed by atoms with Crippen LogP contribution in [0.15, 0.2) is 91.0 Å². The van der Waals surface area contributed by atoms with Gasteiger partial charge in [-0.1, -0.05) is 91.0 Å². The maximum Gasteiger partial charge on any atom is 0.239 e. The van der Waals surface area contributed by atoms with Crippen molar-refractivity contribution in [2.75, 3.05) is 0 Å². The van der Waals surface area contributed by atoms with Gasteiger partial charge in [0.25, 0.3) is 0 Å². The second kappa shape index (κ2) is 6.77. The number of benzene rings is 3. The molecule has 1 amide bonds. The lowest BCUT2D eigenvalue weighted by Crippen LogP contribution is -2.70. The fourth-order valence-corrected chi connectivity index (χ4v) is 3.77. The van der Waals surface area contributed by atoms with Crippen molar-refractivity contribution in [3.8, 4) is 0 Å². The molecule has 0 saturated carbocycles. The van der Waals surface area contributed by atoms with Crippen LogP contribution in [0, 0.1) is 0 Å². The minimum Gasteiger partial charge on any atom is -0.350 e. The quantitative estimate of drug-likeness (QED) is 0.551. The van der Waals surface area contributed by atoms with Crippen molar-refractivity contribution in [1.29, 1.82) is 0 Å². The molecule has 0 radical (unpaired) electrons. The molecule has 3 aromatic carbocycles. The third-order valence-electron chi connectivity index (χ3n) is 5.14. The van der Waals surface area contributed by atoms with Crippen LogP contribution >= 0.6 is 0 Å². The topological polar surface area (TPSA) is 41.1 Å². The summed E-state index contributed by atoms with van der Waals surface area (Å²) < 4.78 is 0. The Labute approximate surface area is 154 Å². The molecule has 3 heteroatoms. The Morgan fingerprint density at radius 3 is 1.42 bits per heavy atom. The van der Waals surface area contributed by atoms with Crippen molar-refractivity contribution < 1.29 is 4.79 Å². The summed E-state index contributed by atoms with van der Waals surface area (Å²) in [6, 6.07) is 30.9. The van der Waals surface area contributed by atoms with Crippen LogP contribution in [0.2, 0.25) is 0 Å². The maximum absolute atomic E-state index is 12.2. The summed E-state index contributed by atoms with van der Waals surface area (Å²) in [6.45, 7) is 2.03. The van der Waals surface area contributed by atoms with Crippen molar-refractivity contribution in [2.45, 2.75) is 24.5 Å². The van der Waals surface area contributed by atoms with E-state index in [1.165, 1.54) is 0 Å². The van der Waals surface area contributed by atoms with Crippen molar-refractivity contribution in [3.63, 3.8) is 0 Å². The predicted molar refractivity (Wildman–Crippen MR) is 104 cm³/mol. The molecule has 1 heterocycles. The lowest BCUT2D eigenvalue weighted by Gasteiger charge is -2.45. The average Bonchev–Trinajstić information content (AvgIpc) is 2.71. The van der Waals surface area contributed by atoms with Crippen LogP contribution in [0.4, 0.5) is 0 Å². The van der Waals surface area contributed by atoms with Gasteiger partial charge in [-0.3, -0.25) is 10.1 Å². The van der Waals surface area contributed by atoms with E-state index in [2.05, 4.69) is 47.0 Å². The van der Waals surface area contributed by atoms with Gasteiger partial charge in [-0.2, -0.15) is 0 Å². The summed E-state index contributed by atoms with van der Waals surface area (Å²) in [5.41, 5.74) is 2.75. The molecule has 0 spiro atoms. The first kappa shape index (κ1) is 16.6. The van der Waals surface area contributed by atoms with Gasteiger partial charge in [-0.05, 0) is 23.6 Å². The molecule has 3 aromatic rings. The summed E-state index contributed by atoms with van der Waals surface area (Å²) in [7, 11) is 0. The summed E-state index contributed by atoms with van der Waals surface area (Å²) >= 11 is 0. The van der Waals surface area contributed by atoms with Gasteiger partial charge >= 0.3 is 0 Å². The van der Waals surface area contributed by atoms with Crippen molar-refractivity contribution >= 4 is 5.91 Å². The summed E-state index contributed by atoms with van der Waals surface area (Å²) in [5.74, 6) is 0.0460. The normalized spacial score (nSPS) is 19.5. The molecular weight excluding hydrogens is 320 g/mol. The number of amides is 1. The fraction of sp³-hybridized carbons (Fsp3) is 0.174. The Bertz CT molecular complexity index is 781. The van der Waals surface area contributed by atoms with Gasteiger partial charge in [-0.15, -0.1) is 0 Å². The molecule has 4 rings (SSSR count). The van der Waals surface area contributed by atoms with E-state index >= 15 is 0 Å².